The van der Waals surface area contributed by atoms with E-state index in [9.17, 15) is 14.0 Å². The van der Waals surface area contributed by atoms with Crippen LogP contribution < -0.4 is 0 Å². The van der Waals surface area contributed by atoms with Crippen LogP contribution in [0.3, 0.4) is 0 Å². The first kappa shape index (κ1) is 17.9. The zero-order valence-electron chi connectivity index (χ0n) is 16.4. The van der Waals surface area contributed by atoms with Crippen LogP contribution in [0.25, 0.3) is 10.9 Å². The molecule has 2 aliphatic rings. The Hall–Kier alpha value is -3.16. The number of carbonyl (C=O) groups is 2. The first-order chi connectivity index (χ1) is 13.9. The number of rotatable bonds is 3. The number of nitrogens with one attached hydrogen (secondary N) is 2. The third-order valence-electron chi connectivity index (χ3n) is 6.08. The number of nitrogens with zero attached hydrogens (tertiary/aromatic N) is 3. The molecule has 8 heteroatoms. The van der Waals surface area contributed by atoms with Gasteiger partial charge in [0.15, 0.2) is 5.69 Å². The van der Waals surface area contributed by atoms with Crippen molar-refractivity contribution in [2.45, 2.75) is 38.8 Å². The number of hydrogen-bond acceptors (Lipinski definition) is 3. The number of amides is 2. The minimum Gasteiger partial charge on any atom is -0.351 e. The summed E-state index contributed by atoms with van der Waals surface area (Å²) in [6, 6.07) is 5.04. The first-order valence-electron chi connectivity index (χ1n) is 9.84. The normalized spacial score (nSPS) is 16.2. The fourth-order valence-electron chi connectivity index (χ4n) is 4.05. The summed E-state index contributed by atoms with van der Waals surface area (Å²) in [5, 5.41) is 7.92. The lowest BCUT2D eigenvalue weighted by Crippen LogP contribution is -2.37. The van der Waals surface area contributed by atoms with Gasteiger partial charge >= 0.3 is 0 Å². The second-order valence-corrected chi connectivity index (χ2v) is 7.97. The Bertz CT molecular complexity index is 1140. The highest BCUT2D eigenvalue weighted by atomic mass is 19.1. The highest BCUT2D eigenvalue weighted by Crippen LogP contribution is 2.29. The molecule has 150 valence electrons. The van der Waals surface area contributed by atoms with Crippen LogP contribution in [-0.4, -0.2) is 56.4 Å². The zero-order chi connectivity index (χ0) is 20.3. The van der Waals surface area contributed by atoms with Crippen LogP contribution in [0.2, 0.25) is 0 Å². The lowest BCUT2D eigenvalue weighted by atomic mass is 10.0. The molecule has 0 spiro atoms. The van der Waals surface area contributed by atoms with E-state index in [-0.39, 0.29) is 17.6 Å². The molecule has 2 aromatic heterocycles. The quantitative estimate of drug-likeness (QED) is 0.715. The maximum Gasteiger partial charge on any atom is 0.274 e. The van der Waals surface area contributed by atoms with Crippen LogP contribution in [0.1, 0.15) is 50.6 Å². The van der Waals surface area contributed by atoms with Gasteiger partial charge in [0, 0.05) is 48.2 Å². The first-order valence-corrected chi connectivity index (χ1v) is 9.84. The molecule has 3 aromatic rings. The number of aromatic amines is 2. The van der Waals surface area contributed by atoms with Gasteiger partial charge in [0.25, 0.3) is 11.8 Å². The molecule has 1 aliphatic heterocycles. The van der Waals surface area contributed by atoms with Crippen molar-refractivity contribution in [1.29, 1.82) is 0 Å². The van der Waals surface area contributed by atoms with Crippen molar-refractivity contribution in [2.75, 3.05) is 13.6 Å². The number of hydrogen-bond donors (Lipinski definition) is 2. The van der Waals surface area contributed by atoms with Crippen LogP contribution in [0.15, 0.2) is 18.2 Å². The molecule has 1 aliphatic carbocycles. The smallest absolute Gasteiger partial charge is 0.274 e. The third-order valence-corrected chi connectivity index (χ3v) is 6.08. The Morgan fingerprint density at radius 1 is 1.31 bits per heavy atom. The van der Waals surface area contributed by atoms with Crippen molar-refractivity contribution in [3.05, 3.63) is 52.2 Å². The maximum atomic E-state index is 13.8. The van der Waals surface area contributed by atoms with Crippen LogP contribution >= 0.6 is 0 Å². The molecule has 1 saturated carbocycles. The fourth-order valence-corrected chi connectivity index (χ4v) is 4.05. The van der Waals surface area contributed by atoms with Crippen LogP contribution in [0.4, 0.5) is 4.39 Å². The summed E-state index contributed by atoms with van der Waals surface area (Å²) >= 11 is 0. The van der Waals surface area contributed by atoms with Gasteiger partial charge < -0.3 is 14.8 Å². The molecule has 0 saturated heterocycles. The molecular weight excluding hydrogens is 373 g/mol. The number of fused-ring (bicyclic) bond motifs is 2. The molecule has 3 heterocycles. The predicted octanol–water partition coefficient (Wildman–Crippen LogP) is 2.77. The lowest BCUT2D eigenvalue weighted by Gasteiger charge is -2.27. The minimum atomic E-state index is -0.292. The highest BCUT2D eigenvalue weighted by molar-refractivity contribution is 5.99. The Morgan fingerprint density at radius 3 is 2.86 bits per heavy atom. The van der Waals surface area contributed by atoms with Crippen molar-refractivity contribution in [3.8, 4) is 0 Å². The van der Waals surface area contributed by atoms with Crippen LogP contribution in [0, 0.1) is 12.7 Å². The number of benzene rings is 1. The van der Waals surface area contributed by atoms with Gasteiger partial charge in [0.1, 0.15) is 11.5 Å². The molecule has 1 aromatic carbocycles. The summed E-state index contributed by atoms with van der Waals surface area (Å²) in [6.45, 7) is 2.56. The maximum absolute atomic E-state index is 13.8. The highest BCUT2D eigenvalue weighted by Gasteiger charge is 2.34. The summed E-state index contributed by atoms with van der Waals surface area (Å²) < 4.78 is 13.8. The van der Waals surface area contributed by atoms with Crippen LogP contribution in [-0.2, 0) is 13.0 Å². The second kappa shape index (κ2) is 6.43. The summed E-state index contributed by atoms with van der Waals surface area (Å²) in [5.41, 5.74) is 3.78. The summed E-state index contributed by atoms with van der Waals surface area (Å²) in [6.07, 6.45) is 2.67. The van der Waals surface area contributed by atoms with Gasteiger partial charge in [-0.15, -0.1) is 0 Å². The lowest BCUT2D eigenvalue weighted by molar-refractivity contribution is 0.0717. The van der Waals surface area contributed by atoms with Gasteiger partial charge in [-0.1, -0.05) is 0 Å². The second-order valence-electron chi connectivity index (χ2n) is 7.97. The molecule has 0 unspecified atom stereocenters. The molecule has 5 rings (SSSR count). The number of carbonyl (C=O) groups excluding carboxylic acids is 2. The molecule has 29 heavy (non-hydrogen) atoms. The zero-order valence-corrected chi connectivity index (χ0v) is 16.4. The molecule has 1 fully saturated rings. The van der Waals surface area contributed by atoms with Gasteiger partial charge in [0.05, 0.1) is 6.54 Å². The van der Waals surface area contributed by atoms with Gasteiger partial charge in [-0.25, -0.2) is 4.39 Å². The van der Waals surface area contributed by atoms with Crippen molar-refractivity contribution in [2.24, 2.45) is 0 Å². The molecule has 0 bridgehead atoms. The molecule has 2 N–H and O–H groups in total. The number of H-pyrrole nitrogens is 2. The predicted molar refractivity (Wildman–Crippen MR) is 105 cm³/mol. The van der Waals surface area contributed by atoms with Crippen LogP contribution in [0.5, 0.6) is 0 Å². The van der Waals surface area contributed by atoms with E-state index in [0.717, 1.165) is 29.6 Å². The van der Waals surface area contributed by atoms with Crippen molar-refractivity contribution in [3.63, 3.8) is 0 Å². The Kier molecular flexibility index (Phi) is 3.97. The fraction of sp³-hybridized carbons (Fsp3) is 0.381. The van der Waals surface area contributed by atoms with E-state index in [4.69, 9.17) is 0 Å². The number of aromatic nitrogens is 3. The minimum absolute atomic E-state index is 0.101. The van der Waals surface area contributed by atoms with E-state index < -0.39 is 0 Å². The molecular formula is C21H22FN5O2. The standard InChI is InChI=1S/C21H22FN5O2/c1-11-13-9-18(23-16(13)6-5-15(11)22)20(28)27-8-7-17-14(10-27)19(25-24-17)21(29)26(2)12-3-4-12/h5-6,9,12,23H,3-4,7-8,10H2,1-2H3,(H,24,25). The SMILES string of the molecule is Cc1c(F)ccc2[nH]c(C(=O)N3CCc4[nH]nc(C(=O)N(C)C5CC5)c4C3)cc12. The summed E-state index contributed by atoms with van der Waals surface area (Å²) in [4.78, 5) is 32.4. The van der Waals surface area contributed by atoms with Gasteiger partial charge in [-0.3, -0.25) is 14.7 Å². The summed E-state index contributed by atoms with van der Waals surface area (Å²) in [5.74, 6) is -0.558. The van der Waals surface area contributed by atoms with Gasteiger partial charge in [-0.05, 0) is 43.5 Å². The molecule has 2 amide bonds. The third kappa shape index (κ3) is 2.90. The van der Waals surface area contributed by atoms with Crippen molar-refractivity contribution >= 4 is 22.7 Å². The Morgan fingerprint density at radius 2 is 2.10 bits per heavy atom. The van der Waals surface area contributed by atoms with Crippen molar-refractivity contribution < 1.29 is 14.0 Å². The van der Waals surface area contributed by atoms with E-state index in [1.165, 1.54) is 6.07 Å². The van der Waals surface area contributed by atoms with E-state index in [1.54, 1.807) is 35.9 Å². The van der Waals surface area contributed by atoms with Gasteiger partial charge in [0.2, 0.25) is 0 Å². The number of halogens is 1. The number of aryl methyl sites for hydroxylation is 1. The van der Waals surface area contributed by atoms with Gasteiger partial charge in [-0.2, -0.15) is 5.10 Å². The molecule has 7 nitrogen and oxygen atoms in total. The average molecular weight is 395 g/mol. The average Bonchev–Trinajstić information content (AvgIpc) is 3.34. The molecule has 0 radical (unpaired) electrons. The van der Waals surface area contributed by atoms with E-state index in [2.05, 4.69) is 15.2 Å². The monoisotopic (exact) mass is 395 g/mol. The van der Waals surface area contributed by atoms with Crippen molar-refractivity contribution in [1.82, 2.24) is 25.0 Å². The van der Waals surface area contributed by atoms with E-state index in [1.807, 2.05) is 0 Å². The Balaban J connectivity index is 1.42. The van der Waals surface area contributed by atoms with E-state index in [0.29, 0.717) is 47.9 Å². The van der Waals surface area contributed by atoms with E-state index >= 15 is 0 Å². The summed E-state index contributed by atoms with van der Waals surface area (Å²) in [7, 11) is 1.80. The Labute approximate surface area is 166 Å². The molecule has 0 atom stereocenters. The topological polar surface area (TPSA) is 85.1 Å². The largest absolute Gasteiger partial charge is 0.351 e.